The van der Waals surface area contributed by atoms with Crippen LogP contribution in [-0.2, 0) is 11.3 Å². The minimum atomic E-state index is -0.356. The molecule has 11 heteroatoms. The average Bonchev–Trinajstić information content (AvgIpc) is 3.68. The number of para-hydroxylation sites is 1. The van der Waals surface area contributed by atoms with Gasteiger partial charge in [-0.2, -0.15) is 10.2 Å². The van der Waals surface area contributed by atoms with Crippen LogP contribution >= 0.6 is 0 Å². The minimum Gasteiger partial charge on any atom is -0.477 e. The van der Waals surface area contributed by atoms with Crippen LogP contribution in [0.2, 0.25) is 0 Å². The molecule has 2 aromatic carbocycles. The fraction of sp³-hybridized carbons (Fsp3) is 0.367. The molecular weight excluding hydrogens is 525 g/mol. The highest BCUT2D eigenvalue weighted by molar-refractivity contribution is 5.91. The van der Waals surface area contributed by atoms with Gasteiger partial charge >= 0.3 is 6.03 Å². The maximum Gasteiger partial charge on any atom is 0.320 e. The zero-order chi connectivity index (χ0) is 28.3. The Balaban J connectivity index is 1.29. The number of aromatic nitrogens is 4. The first kappa shape index (κ1) is 27.0. The molecule has 214 valence electrons. The Labute approximate surface area is 238 Å². The molecule has 0 spiro atoms. The van der Waals surface area contributed by atoms with E-state index < -0.39 is 0 Å². The summed E-state index contributed by atoms with van der Waals surface area (Å²) >= 11 is 0. The maximum absolute atomic E-state index is 14.1. The van der Waals surface area contributed by atoms with Crippen molar-refractivity contribution >= 4 is 11.8 Å². The van der Waals surface area contributed by atoms with Gasteiger partial charge in [-0.05, 0) is 36.8 Å². The lowest BCUT2D eigenvalue weighted by Crippen LogP contribution is -2.42. The zero-order valence-corrected chi connectivity index (χ0v) is 23.2. The average molecular weight is 560 g/mol. The molecular formula is C30H34FN7O3. The second kappa shape index (κ2) is 11.7. The molecule has 1 fully saturated rings. The molecule has 2 atom stereocenters. The summed E-state index contributed by atoms with van der Waals surface area (Å²) in [5.74, 6) is 0.881. The molecule has 0 aliphatic carbocycles. The Morgan fingerprint density at radius 2 is 2.02 bits per heavy atom. The number of nitrogens with zero attached hydrogens (tertiary/aromatic N) is 5. The van der Waals surface area contributed by atoms with Crippen LogP contribution in [0.15, 0.2) is 60.8 Å². The fourth-order valence-corrected chi connectivity index (χ4v) is 5.71. The van der Waals surface area contributed by atoms with Crippen LogP contribution in [0.1, 0.15) is 23.5 Å². The van der Waals surface area contributed by atoms with Crippen molar-refractivity contribution in [1.29, 1.82) is 0 Å². The summed E-state index contributed by atoms with van der Waals surface area (Å²) < 4.78 is 28.9. The van der Waals surface area contributed by atoms with Crippen molar-refractivity contribution in [2.45, 2.75) is 31.8 Å². The van der Waals surface area contributed by atoms with Gasteiger partial charge in [-0.15, -0.1) is 0 Å². The second-order valence-corrected chi connectivity index (χ2v) is 10.5. The molecule has 1 saturated heterocycles. The van der Waals surface area contributed by atoms with Crippen LogP contribution in [0.25, 0.3) is 16.9 Å². The first-order chi connectivity index (χ1) is 20.0. The van der Waals surface area contributed by atoms with Crippen molar-refractivity contribution in [2.75, 3.05) is 45.3 Å². The number of likely N-dealkylation sites (tertiary alicyclic amines) is 1. The van der Waals surface area contributed by atoms with Crippen molar-refractivity contribution in [1.82, 2.24) is 29.8 Å². The van der Waals surface area contributed by atoms with Crippen molar-refractivity contribution in [3.8, 4) is 22.8 Å². The van der Waals surface area contributed by atoms with E-state index in [0.717, 1.165) is 41.9 Å². The quantitative estimate of drug-likeness (QED) is 0.336. The summed E-state index contributed by atoms with van der Waals surface area (Å²) in [7, 11) is 1.67. The molecule has 2 unspecified atom stereocenters. The van der Waals surface area contributed by atoms with E-state index in [1.807, 2.05) is 48.0 Å². The topological polar surface area (TPSA) is 98.5 Å². The number of methoxy groups -OCH3 is 1. The van der Waals surface area contributed by atoms with Gasteiger partial charge in [0.2, 0.25) is 5.88 Å². The molecule has 2 amide bonds. The van der Waals surface area contributed by atoms with Gasteiger partial charge in [0.1, 0.15) is 17.3 Å². The molecule has 4 heterocycles. The third kappa shape index (κ3) is 5.55. The monoisotopic (exact) mass is 559 g/mol. The highest BCUT2D eigenvalue weighted by atomic mass is 19.1. The number of amides is 2. The van der Waals surface area contributed by atoms with Crippen LogP contribution < -0.4 is 15.4 Å². The van der Waals surface area contributed by atoms with Gasteiger partial charge in [-0.25, -0.2) is 18.5 Å². The largest absolute Gasteiger partial charge is 0.477 e. The molecule has 2 N–H and O–H groups in total. The van der Waals surface area contributed by atoms with Crippen LogP contribution in [0.4, 0.5) is 15.0 Å². The first-order valence-electron chi connectivity index (χ1n) is 13.9. The number of ether oxygens (including phenoxy) is 2. The number of hydrogen-bond acceptors (Lipinski definition) is 6. The standard InChI is InChI=1S/C30H34FN7O3/c1-20-27(24-17-32-37-12-7-14-41-29(24)37)35-38(23-10-4-3-5-11-23)28(20)34-30(39)33-26-19-36(13-15-40-2)18-25(26)21-8-6-9-22(31)16-21/h3-6,8-11,16-17,25-26H,7,12-15,18-19H2,1-2H3,(H2,33,34,39). The number of urea groups is 1. The number of fused-ring (bicyclic) bond motifs is 1. The highest BCUT2D eigenvalue weighted by Gasteiger charge is 2.35. The minimum absolute atomic E-state index is 0.0694. The van der Waals surface area contributed by atoms with Crippen LogP contribution in [0, 0.1) is 12.7 Å². The van der Waals surface area contributed by atoms with E-state index in [1.54, 1.807) is 30.1 Å². The lowest BCUT2D eigenvalue weighted by Gasteiger charge is -2.21. The van der Waals surface area contributed by atoms with E-state index in [9.17, 15) is 9.18 Å². The first-order valence-corrected chi connectivity index (χ1v) is 13.9. The summed E-state index contributed by atoms with van der Waals surface area (Å²) in [5, 5.41) is 15.6. The van der Waals surface area contributed by atoms with Crippen molar-refractivity contribution in [3.05, 3.63) is 77.7 Å². The van der Waals surface area contributed by atoms with E-state index in [2.05, 4.69) is 20.6 Å². The molecule has 0 radical (unpaired) electrons. The molecule has 4 aromatic rings. The van der Waals surface area contributed by atoms with Crippen molar-refractivity contribution in [2.24, 2.45) is 0 Å². The lowest BCUT2D eigenvalue weighted by atomic mass is 9.94. The number of carbonyl (C=O) groups is 1. The van der Waals surface area contributed by atoms with Crippen LogP contribution in [0.5, 0.6) is 5.88 Å². The highest BCUT2D eigenvalue weighted by Crippen LogP contribution is 2.37. The van der Waals surface area contributed by atoms with Gasteiger partial charge < -0.3 is 14.8 Å². The maximum atomic E-state index is 14.1. The number of carbonyl (C=O) groups excluding carboxylic acids is 1. The van der Waals surface area contributed by atoms with Crippen LogP contribution in [-0.4, -0.2) is 76.5 Å². The second-order valence-electron chi connectivity index (χ2n) is 10.5. The van der Waals surface area contributed by atoms with Crippen molar-refractivity contribution < 1.29 is 18.7 Å². The summed E-state index contributed by atoms with van der Waals surface area (Å²) in [6, 6.07) is 15.7. The van der Waals surface area contributed by atoms with E-state index in [0.29, 0.717) is 43.7 Å². The molecule has 2 aromatic heterocycles. The summed E-state index contributed by atoms with van der Waals surface area (Å²) in [6.45, 7) is 5.97. The van der Waals surface area contributed by atoms with E-state index >= 15 is 0 Å². The molecule has 6 rings (SSSR count). The Bertz CT molecular complexity index is 1520. The summed E-state index contributed by atoms with van der Waals surface area (Å²) in [5.41, 5.74) is 3.94. The zero-order valence-electron chi connectivity index (χ0n) is 23.2. The van der Waals surface area contributed by atoms with E-state index in [-0.39, 0.29) is 23.8 Å². The molecule has 2 aliphatic heterocycles. The molecule has 41 heavy (non-hydrogen) atoms. The number of hydrogen-bond donors (Lipinski definition) is 2. The number of nitrogens with one attached hydrogen (secondary N) is 2. The van der Waals surface area contributed by atoms with Gasteiger partial charge in [-0.1, -0.05) is 30.3 Å². The number of aryl methyl sites for hydroxylation is 1. The molecule has 10 nitrogen and oxygen atoms in total. The SMILES string of the molecule is COCCN1CC(NC(=O)Nc2c(C)c(-c3cnn4c3OCCC4)nn2-c2ccccc2)C(c2cccc(F)c2)C1. The summed E-state index contributed by atoms with van der Waals surface area (Å²) in [6.07, 6.45) is 2.67. The summed E-state index contributed by atoms with van der Waals surface area (Å²) in [4.78, 5) is 15.8. The Hall–Kier alpha value is -4.22. The van der Waals surface area contributed by atoms with E-state index in [1.165, 1.54) is 6.07 Å². The van der Waals surface area contributed by atoms with Gasteiger partial charge in [-0.3, -0.25) is 10.2 Å². The van der Waals surface area contributed by atoms with Gasteiger partial charge in [0.15, 0.2) is 0 Å². The third-order valence-corrected chi connectivity index (χ3v) is 7.75. The number of anilines is 1. The Kier molecular flexibility index (Phi) is 7.71. The van der Waals surface area contributed by atoms with Crippen LogP contribution in [0.3, 0.4) is 0 Å². The molecule has 0 bridgehead atoms. The predicted octanol–water partition coefficient (Wildman–Crippen LogP) is 4.20. The number of benzene rings is 2. The molecule has 0 saturated carbocycles. The van der Waals surface area contributed by atoms with Crippen molar-refractivity contribution in [3.63, 3.8) is 0 Å². The number of rotatable bonds is 8. The van der Waals surface area contributed by atoms with Gasteiger partial charge in [0.25, 0.3) is 0 Å². The Morgan fingerprint density at radius 1 is 1.17 bits per heavy atom. The predicted molar refractivity (Wildman–Crippen MR) is 153 cm³/mol. The number of halogens is 1. The van der Waals surface area contributed by atoms with Gasteiger partial charge in [0.05, 0.1) is 36.7 Å². The smallest absolute Gasteiger partial charge is 0.320 e. The third-order valence-electron chi connectivity index (χ3n) is 7.75. The molecule has 2 aliphatic rings. The van der Waals surface area contributed by atoms with E-state index in [4.69, 9.17) is 14.6 Å². The van der Waals surface area contributed by atoms with Gasteiger partial charge in [0, 0.05) is 51.2 Å². The fourth-order valence-electron chi connectivity index (χ4n) is 5.71. The normalized spacial score (nSPS) is 18.6. The Morgan fingerprint density at radius 3 is 2.83 bits per heavy atom. The lowest BCUT2D eigenvalue weighted by molar-refractivity contribution is 0.159.